The van der Waals surface area contributed by atoms with E-state index in [4.69, 9.17) is 23.7 Å². The van der Waals surface area contributed by atoms with Crippen LogP contribution in [0, 0.1) is 17.2 Å². The third kappa shape index (κ3) is 8.57. The SMILES string of the molecule is CCCN(CCCN(C(N)=S)c1cccc(C#N)c1)C(=O)C1=Cc2ccc(-c3cccc(S(=O)(=O)N4CC(CN(C)C)C4)c3)cc2N=C(N)C1. The molecule has 262 valence electrons. The van der Waals surface area contributed by atoms with Gasteiger partial charge in [-0.3, -0.25) is 4.79 Å². The number of nitrogens with two attached hydrogens (primary N) is 2. The number of benzene rings is 3. The van der Waals surface area contributed by atoms with Crippen molar-refractivity contribution in [2.45, 2.75) is 31.1 Å². The topological polar surface area (TPSA) is 152 Å². The number of nitrogens with zero attached hydrogens (tertiary/aromatic N) is 6. The molecule has 0 radical (unpaired) electrons. The molecule has 1 amide bonds. The summed E-state index contributed by atoms with van der Waals surface area (Å²) in [4.78, 5) is 24.5. The van der Waals surface area contributed by atoms with Crippen LogP contribution in [-0.2, 0) is 14.8 Å². The van der Waals surface area contributed by atoms with Gasteiger partial charge < -0.3 is 26.2 Å². The van der Waals surface area contributed by atoms with Gasteiger partial charge >= 0.3 is 0 Å². The molecule has 2 aliphatic rings. The van der Waals surface area contributed by atoms with E-state index < -0.39 is 10.0 Å². The van der Waals surface area contributed by atoms with Crippen molar-refractivity contribution in [3.63, 3.8) is 0 Å². The molecule has 11 nitrogen and oxygen atoms in total. The van der Waals surface area contributed by atoms with Gasteiger partial charge in [0.1, 0.15) is 5.84 Å². The monoisotopic (exact) mass is 712 g/mol. The smallest absolute Gasteiger partial charge is 0.250 e. The molecule has 0 saturated carbocycles. The van der Waals surface area contributed by atoms with E-state index in [-0.39, 0.29) is 22.3 Å². The number of carbonyl (C=O) groups is 1. The highest BCUT2D eigenvalue weighted by Gasteiger charge is 2.36. The number of amidine groups is 1. The normalized spacial score (nSPS) is 14.9. The van der Waals surface area contributed by atoms with Gasteiger partial charge in [0, 0.05) is 62.5 Å². The lowest BCUT2D eigenvalue weighted by Gasteiger charge is -2.39. The van der Waals surface area contributed by atoms with E-state index in [1.807, 2.05) is 62.3 Å². The number of nitriles is 1. The van der Waals surface area contributed by atoms with E-state index in [0.717, 1.165) is 35.3 Å². The molecule has 1 fully saturated rings. The van der Waals surface area contributed by atoms with Crippen molar-refractivity contribution in [3.8, 4) is 17.2 Å². The molecule has 5 rings (SSSR count). The van der Waals surface area contributed by atoms with Crippen LogP contribution in [0.1, 0.15) is 37.3 Å². The number of anilines is 1. The summed E-state index contributed by atoms with van der Waals surface area (Å²) in [6.07, 6.45) is 3.41. The van der Waals surface area contributed by atoms with Gasteiger partial charge in [0.25, 0.3) is 0 Å². The number of fused-ring (bicyclic) bond motifs is 1. The number of carbonyl (C=O) groups excluding carboxylic acids is 1. The molecular formula is C37H44N8O3S2. The first-order valence-corrected chi connectivity index (χ1v) is 18.5. The molecule has 2 aliphatic heterocycles. The van der Waals surface area contributed by atoms with Crippen molar-refractivity contribution < 1.29 is 13.2 Å². The summed E-state index contributed by atoms with van der Waals surface area (Å²) in [5, 5.41) is 9.50. The molecule has 13 heteroatoms. The molecule has 4 N–H and O–H groups in total. The van der Waals surface area contributed by atoms with E-state index in [0.29, 0.717) is 67.7 Å². The van der Waals surface area contributed by atoms with Gasteiger partial charge in [0.2, 0.25) is 15.9 Å². The van der Waals surface area contributed by atoms with Crippen molar-refractivity contribution in [2.75, 3.05) is 58.3 Å². The van der Waals surface area contributed by atoms with Gasteiger partial charge in [-0.15, -0.1) is 0 Å². The van der Waals surface area contributed by atoms with Gasteiger partial charge in [-0.1, -0.05) is 37.3 Å². The second kappa shape index (κ2) is 15.9. The Morgan fingerprint density at radius 3 is 2.48 bits per heavy atom. The lowest BCUT2D eigenvalue weighted by atomic mass is 10.0. The van der Waals surface area contributed by atoms with Crippen molar-refractivity contribution in [2.24, 2.45) is 22.4 Å². The van der Waals surface area contributed by atoms with Crippen LogP contribution in [0.15, 0.2) is 82.2 Å². The molecule has 2 heterocycles. The summed E-state index contributed by atoms with van der Waals surface area (Å²) in [5.74, 6) is 0.525. The van der Waals surface area contributed by atoms with Crippen molar-refractivity contribution >= 4 is 56.5 Å². The van der Waals surface area contributed by atoms with Gasteiger partial charge in [-0.05, 0) is 98.7 Å². The van der Waals surface area contributed by atoms with Gasteiger partial charge in [0.05, 0.1) is 22.2 Å². The van der Waals surface area contributed by atoms with Crippen LogP contribution >= 0.6 is 12.2 Å². The zero-order valence-electron chi connectivity index (χ0n) is 28.7. The summed E-state index contributed by atoms with van der Waals surface area (Å²) in [6, 6.07) is 21.9. The maximum Gasteiger partial charge on any atom is 0.250 e. The Kier molecular flexibility index (Phi) is 11.7. The number of aliphatic imine (C=N–C) groups is 1. The number of thiocarbonyl (C=S) groups is 1. The van der Waals surface area contributed by atoms with E-state index in [1.165, 1.54) is 4.31 Å². The summed E-state index contributed by atoms with van der Waals surface area (Å²) in [6.45, 7) is 5.40. The summed E-state index contributed by atoms with van der Waals surface area (Å²) in [7, 11) is 0.375. The van der Waals surface area contributed by atoms with Crippen LogP contribution in [-0.4, -0.2) is 92.7 Å². The Balaban J connectivity index is 1.31. The quantitative estimate of drug-likeness (QED) is 0.243. The van der Waals surface area contributed by atoms with Gasteiger partial charge in [-0.25, -0.2) is 13.4 Å². The zero-order chi connectivity index (χ0) is 36.0. The fourth-order valence-electron chi connectivity index (χ4n) is 6.36. The van der Waals surface area contributed by atoms with E-state index in [9.17, 15) is 18.5 Å². The third-order valence-electron chi connectivity index (χ3n) is 8.77. The first-order chi connectivity index (χ1) is 23.9. The van der Waals surface area contributed by atoms with Crippen LogP contribution < -0.4 is 16.4 Å². The molecule has 0 atom stereocenters. The lowest BCUT2D eigenvalue weighted by molar-refractivity contribution is -0.127. The highest BCUT2D eigenvalue weighted by Crippen LogP contribution is 2.34. The molecule has 0 unspecified atom stereocenters. The molecule has 3 aromatic carbocycles. The number of amides is 1. The van der Waals surface area contributed by atoms with Crippen LogP contribution in [0.2, 0.25) is 0 Å². The van der Waals surface area contributed by atoms with Crippen molar-refractivity contribution in [1.82, 2.24) is 14.1 Å². The van der Waals surface area contributed by atoms with E-state index in [1.54, 1.807) is 41.3 Å². The Bertz CT molecular complexity index is 1960. The van der Waals surface area contributed by atoms with Crippen LogP contribution in [0.25, 0.3) is 17.2 Å². The maximum atomic E-state index is 13.9. The molecule has 0 aliphatic carbocycles. The Labute approximate surface area is 300 Å². The lowest BCUT2D eigenvalue weighted by Crippen LogP contribution is -2.52. The number of rotatable bonds is 13. The molecule has 50 heavy (non-hydrogen) atoms. The van der Waals surface area contributed by atoms with Gasteiger partial charge in [-0.2, -0.15) is 9.57 Å². The molecule has 0 spiro atoms. The average Bonchev–Trinajstić information content (AvgIpc) is 3.24. The summed E-state index contributed by atoms with van der Waals surface area (Å²) >= 11 is 5.30. The first kappa shape index (κ1) is 36.7. The number of hydrogen-bond acceptors (Lipinski definition) is 8. The van der Waals surface area contributed by atoms with Crippen LogP contribution in [0.4, 0.5) is 11.4 Å². The Hall–Kier alpha value is -4.61. The molecule has 0 bridgehead atoms. The molecular weight excluding hydrogens is 669 g/mol. The van der Waals surface area contributed by atoms with E-state index in [2.05, 4.69) is 16.0 Å². The highest BCUT2D eigenvalue weighted by molar-refractivity contribution is 7.89. The second-order valence-electron chi connectivity index (χ2n) is 13.0. The summed E-state index contributed by atoms with van der Waals surface area (Å²) < 4.78 is 28.3. The van der Waals surface area contributed by atoms with Crippen molar-refractivity contribution in [3.05, 3.63) is 83.4 Å². The third-order valence-corrected chi connectivity index (χ3v) is 10.8. The van der Waals surface area contributed by atoms with E-state index >= 15 is 0 Å². The summed E-state index contributed by atoms with van der Waals surface area (Å²) in [5.41, 5.74) is 17.1. The molecule has 1 saturated heterocycles. The van der Waals surface area contributed by atoms with Crippen LogP contribution in [0.5, 0.6) is 0 Å². The fraction of sp³-hybridized carbons (Fsp3) is 0.351. The van der Waals surface area contributed by atoms with Gasteiger partial charge in [0.15, 0.2) is 5.11 Å². The van der Waals surface area contributed by atoms with Crippen molar-refractivity contribution in [1.29, 1.82) is 5.26 Å². The largest absolute Gasteiger partial charge is 0.387 e. The fourth-order valence-corrected chi connectivity index (χ4v) is 8.20. The maximum absolute atomic E-state index is 13.9. The first-order valence-electron chi connectivity index (χ1n) is 16.7. The Morgan fingerprint density at radius 2 is 1.78 bits per heavy atom. The zero-order valence-corrected chi connectivity index (χ0v) is 30.4. The standard InChI is InChI=1S/C37H44N8O3S2/c1-4-14-43(15-7-16-45(37(40)49)32-10-5-8-26(17-32)22-38)36(46)31-18-30-13-12-29(20-34(30)41-35(39)21-31)28-9-6-11-33(19-28)50(47,48)44-24-27(25-44)23-42(2)3/h5-6,8-13,17-20,27H,4,7,14-16,21,23-25H2,1-3H3,(H2,39,41)(H2,40,49). The minimum absolute atomic E-state index is 0.119. The molecule has 0 aromatic heterocycles. The highest BCUT2D eigenvalue weighted by atomic mass is 32.2. The molecule has 3 aromatic rings. The predicted octanol–water partition coefficient (Wildman–Crippen LogP) is 4.56. The number of sulfonamides is 1. The van der Waals surface area contributed by atoms with Crippen LogP contribution in [0.3, 0.4) is 0 Å². The number of hydrogen-bond donors (Lipinski definition) is 2. The Morgan fingerprint density at radius 1 is 1.04 bits per heavy atom. The average molecular weight is 713 g/mol. The predicted molar refractivity (Wildman–Crippen MR) is 203 cm³/mol. The minimum atomic E-state index is -3.61. The second-order valence-corrected chi connectivity index (χ2v) is 15.4. The minimum Gasteiger partial charge on any atom is -0.387 e.